The minimum Gasteiger partial charge on any atom is -0.316 e. The maximum Gasteiger partial charge on any atom is 0.228 e. The first-order valence-electron chi connectivity index (χ1n) is 6.63. The van der Waals surface area contributed by atoms with Gasteiger partial charge in [0.1, 0.15) is 5.82 Å². The molecule has 3 rings (SSSR count). The van der Waals surface area contributed by atoms with Crippen molar-refractivity contribution in [1.82, 2.24) is 20.3 Å². The van der Waals surface area contributed by atoms with Crippen LogP contribution in [0.2, 0.25) is 0 Å². The van der Waals surface area contributed by atoms with E-state index in [-0.39, 0.29) is 0 Å². The zero-order valence-electron chi connectivity index (χ0n) is 10.7. The molecule has 0 saturated carbocycles. The molecule has 2 aromatic heterocycles. The normalized spacial score (nSPS) is 19.1. The summed E-state index contributed by atoms with van der Waals surface area (Å²) in [5.41, 5.74) is 1.13. The molecule has 2 aromatic rings. The first-order valence-corrected chi connectivity index (χ1v) is 6.63. The number of nitrogens with zero attached hydrogens (tertiary/aromatic N) is 3. The SMILES string of the molecule is c1cnc(Nc2cccc([C@H]3CCCNC3)n2)nc1. The molecule has 0 unspecified atom stereocenters. The largest absolute Gasteiger partial charge is 0.316 e. The average molecular weight is 255 g/mol. The summed E-state index contributed by atoms with van der Waals surface area (Å²) in [5, 5.41) is 6.55. The molecule has 0 aliphatic carbocycles. The number of anilines is 2. The molecular weight excluding hydrogens is 238 g/mol. The van der Waals surface area contributed by atoms with Crippen LogP contribution in [0.3, 0.4) is 0 Å². The Hall–Kier alpha value is -2.01. The molecule has 98 valence electrons. The van der Waals surface area contributed by atoms with Gasteiger partial charge in [-0.15, -0.1) is 0 Å². The lowest BCUT2D eigenvalue weighted by Gasteiger charge is -2.22. The molecule has 1 atom stereocenters. The van der Waals surface area contributed by atoms with Gasteiger partial charge in [0.05, 0.1) is 0 Å². The highest BCUT2D eigenvalue weighted by molar-refractivity contribution is 5.47. The van der Waals surface area contributed by atoms with Gasteiger partial charge in [0.2, 0.25) is 5.95 Å². The molecule has 5 heteroatoms. The molecule has 2 N–H and O–H groups in total. The molecule has 1 fully saturated rings. The second-order valence-corrected chi connectivity index (χ2v) is 4.69. The lowest BCUT2D eigenvalue weighted by atomic mass is 9.96. The third-order valence-electron chi connectivity index (χ3n) is 3.29. The summed E-state index contributed by atoms with van der Waals surface area (Å²) >= 11 is 0. The Morgan fingerprint density at radius 3 is 2.84 bits per heavy atom. The Morgan fingerprint density at radius 2 is 2.05 bits per heavy atom. The van der Waals surface area contributed by atoms with E-state index >= 15 is 0 Å². The van der Waals surface area contributed by atoms with Crippen LogP contribution in [0.5, 0.6) is 0 Å². The van der Waals surface area contributed by atoms with Crippen LogP contribution in [0, 0.1) is 0 Å². The van der Waals surface area contributed by atoms with E-state index in [0.717, 1.165) is 24.6 Å². The molecule has 5 nitrogen and oxygen atoms in total. The zero-order valence-corrected chi connectivity index (χ0v) is 10.7. The van der Waals surface area contributed by atoms with Crippen molar-refractivity contribution in [2.24, 2.45) is 0 Å². The number of aromatic nitrogens is 3. The highest BCUT2D eigenvalue weighted by Crippen LogP contribution is 2.22. The van der Waals surface area contributed by atoms with Crippen molar-refractivity contribution < 1.29 is 0 Å². The third kappa shape index (κ3) is 3.06. The van der Waals surface area contributed by atoms with Gasteiger partial charge in [-0.2, -0.15) is 0 Å². The first kappa shape index (κ1) is 12.0. The number of piperidine rings is 1. The van der Waals surface area contributed by atoms with Crippen molar-refractivity contribution >= 4 is 11.8 Å². The van der Waals surface area contributed by atoms with Gasteiger partial charge >= 0.3 is 0 Å². The fraction of sp³-hybridized carbons (Fsp3) is 0.357. The van der Waals surface area contributed by atoms with Crippen LogP contribution in [0.15, 0.2) is 36.7 Å². The zero-order chi connectivity index (χ0) is 12.9. The maximum absolute atomic E-state index is 4.66. The van der Waals surface area contributed by atoms with Crippen molar-refractivity contribution in [2.45, 2.75) is 18.8 Å². The maximum atomic E-state index is 4.66. The highest BCUT2D eigenvalue weighted by atomic mass is 15.1. The van der Waals surface area contributed by atoms with E-state index in [4.69, 9.17) is 0 Å². The highest BCUT2D eigenvalue weighted by Gasteiger charge is 2.16. The standard InChI is InChI=1S/C14H17N5/c1-5-12(11-4-2-7-15-10-11)18-13(6-1)19-14-16-8-3-9-17-14/h1,3,5-6,8-9,11,15H,2,4,7,10H2,(H,16,17,18,19)/t11-/m0/s1. The van der Waals surface area contributed by atoms with Gasteiger partial charge in [-0.1, -0.05) is 6.07 Å². The number of nitrogens with one attached hydrogen (secondary N) is 2. The molecular formula is C14H17N5. The van der Waals surface area contributed by atoms with Crippen LogP contribution in [0.4, 0.5) is 11.8 Å². The number of hydrogen-bond acceptors (Lipinski definition) is 5. The fourth-order valence-corrected chi connectivity index (χ4v) is 2.33. The van der Waals surface area contributed by atoms with Crippen molar-refractivity contribution in [1.29, 1.82) is 0 Å². The monoisotopic (exact) mass is 255 g/mol. The molecule has 0 aromatic carbocycles. The lowest BCUT2D eigenvalue weighted by molar-refractivity contribution is 0.455. The van der Waals surface area contributed by atoms with Gasteiger partial charge in [0, 0.05) is 30.6 Å². The van der Waals surface area contributed by atoms with Gasteiger partial charge in [0.25, 0.3) is 0 Å². The summed E-state index contributed by atoms with van der Waals surface area (Å²) in [6.45, 7) is 2.13. The van der Waals surface area contributed by atoms with Crippen molar-refractivity contribution in [3.63, 3.8) is 0 Å². The second kappa shape index (κ2) is 5.75. The predicted molar refractivity (Wildman–Crippen MR) is 74.4 cm³/mol. The molecule has 1 saturated heterocycles. The van der Waals surface area contributed by atoms with Crippen LogP contribution in [-0.2, 0) is 0 Å². The van der Waals surface area contributed by atoms with E-state index in [2.05, 4.69) is 31.7 Å². The fourth-order valence-electron chi connectivity index (χ4n) is 2.33. The Kier molecular flexibility index (Phi) is 3.65. The van der Waals surface area contributed by atoms with E-state index < -0.39 is 0 Å². The molecule has 0 spiro atoms. The minimum absolute atomic E-state index is 0.507. The van der Waals surface area contributed by atoms with E-state index in [0.29, 0.717) is 11.9 Å². The van der Waals surface area contributed by atoms with Gasteiger partial charge < -0.3 is 10.6 Å². The van der Waals surface area contributed by atoms with E-state index in [1.807, 2.05) is 12.1 Å². The van der Waals surface area contributed by atoms with E-state index in [1.165, 1.54) is 12.8 Å². The van der Waals surface area contributed by atoms with Crippen molar-refractivity contribution in [3.05, 3.63) is 42.4 Å². The predicted octanol–water partition coefficient (Wildman–Crippen LogP) is 2.08. The second-order valence-electron chi connectivity index (χ2n) is 4.69. The molecule has 3 heterocycles. The summed E-state index contributed by atoms with van der Waals surface area (Å²) in [4.78, 5) is 12.9. The number of rotatable bonds is 3. The Morgan fingerprint density at radius 1 is 1.16 bits per heavy atom. The van der Waals surface area contributed by atoms with Crippen molar-refractivity contribution in [2.75, 3.05) is 18.4 Å². The summed E-state index contributed by atoms with van der Waals surface area (Å²) in [5.74, 6) is 1.88. The van der Waals surface area contributed by atoms with E-state index in [1.54, 1.807) is 18.5 Å². The summed E-state index contributed by atoms with van der Waals surface area (Å²) in [6.07, 6.45) is 5.84. The van der Waals surface area contributed by atoms with Crippen LogP contribution < -0.4 is 10.6 Å². The number of pyridine rings is 1. The smallest absolute Gasteiger partial charge is 0.228 e. The Balaban J connectivity index is 1.76. The van der Waals surface area contributed by atoms with Gasteiger partial charge in [-0.05, 0) is 37.6 Å². The molecule has 1 aliphatic heterocycles. The summed E-state index contributed by atoms with van der Waals surface area (Å²) < 4.78 is 0. The van der Waals surface area contributed by atoms with Gasteiger partial charge in [-0.25, -0.2) is 15.0 Å². The summed E-state index contributed by atoms with van der Waals surface area (Å²) in [6, 6.07) is 7.86. The molecule has 0 bridgehead atoms. The van der Waals surface area contributed by atoms with Crippen molar-refractivity contribution in [3.8, 4) is 0 Å². The van der Waals surface area contributed by atoms with Gasteiger partial charge in [0.15, 0.2) is 0 Å². The summed E-state index contributed by atoms with van der Waals surface area (Å²) in [7, 11) is 0. The average Bonchev–Trinajstić information content (AvgIpc) is 2.49. The number of hydrogen-bond donors (Lipinski definition) is 2. The van der Waals surface area contributed by atoms with E-state index in [9.17, 15) is 0 Å². The Labute approximate surface area is 112 Å². The third-order valence-corrected chi connectivity index (χ3v) is 3.29. The lowest BCUT2D eigenvalue weighted by Crippen LogP contribution is -2.28. The quantitative estimate of drug-likeness (QED) is 0.879. The minimum atomic E-state index is 0.507. The van der Waals surface area contributed by atoms with Crippen LogP contribution in [-0.4, -0.2) is 28.0 Å². The Bertz CT molecular complexity index is 522. The van der Waals surface area contributed by atoms with Crippen LogP contribution in [0.1, 0.15) is 24.5 Å². The van der Waals surface area contributed by atoms with Gasteiger partial charge in [-0.3, -0.25) is 0 Å². The molecule has 19 heavy (non-hydrogen) atoms. The molecule has 0 amide bonds. The van der Waals surface area contributed by atoms with Crippen LogP contribution in [0.25, 0.3) is 0 Å². The molecule has 1 aliphatic rings. The first-order chi connectivity index (χ1) is 9.42. The topological polar surface area (TPSA) is 62.7 Å². The molecule has 0 radical (unpaired) electrons. The van der Waals surface area contributed by atoms with Crippen LogP contribution >= 0.6 is 0 Å².